The molecule has 33 heavy (non-hydrogen) atoms. The number of aromatic nitrogens is 2. The summed E-state index contributed by atoms with van der Waals surface area (Å²) >= 11 is 0. The predicted octanol–water partition coefficient (Wildman–Crippen LogP) is 6.79. The number of nitrogens with zero attached hydrogens (tertiary/aromatic N) is 2. The number of fused-ring (bicyclic) bond motifs is 1. The summed E-state index contributed by atoms with van der Waals surface area (Å²) in [7, 11) is 0. The van der Waals surface area contributed by atoms with Crippen LogP contribution in [0.2, 0.25) is 0 Å². The normalized spacial score (nSPS) is 18.2. The number of rotatable bonds is 6. The zero-order chi connectivity index (χ0) is 22.6. The monoisotopic (exact) mass is 437 g/mol. The molecule has 0 unspecified atom stereocenters. The van der Waals surface area contributed by atoms with Crippen LogP contribution in [0.4, 0.5) is 11.6 Å². The van der Waals surface area contributed by atoms with Gasteiger partial charge in [0.05, 0.1) is 5.52 Å². The molecule has 0 atom stereocenters. The number of nitrogens with one attached hydrogen (secondary N) is 1. The molecule has 0 amide bonds. The fourth-order valence-corrected chi connectivity index (χ4v) is 4.82. The first-order chi connectivity index (χ1) is 16.1. The lowest BCUT2D eigenvalue weighted by molar-refractivity contribution is -0.138. The number of benzene rings is 3. The lowest BCUT2D eigenvalue weighted by Gasteiger charge is -2.28. The van der Waals surface area contributed by atoms with Gasteiger partial charge in [0.2, 0.25) is 5.95 Å². The van der Waals surface area contributed by atoms with Crippen LogP contribution in [-0.2, 0) is 4.79 Å². The average Bonchev–Trinajstić information content (AvgIpc) is 2.85. The molecular formula is C28H27N3O2. The smallest absolute Gasteiger partial charge is 0.303 e. The fourth-order valence-electron chi connectivity index (χ4n) is 4.82. The highest BCUT2D eigenvalue weighted by molar-refractivity contribution is 5.84. The number of carbonyl (C=O) groups is 1. The Balaban J connectivity index is 1.28. The Labute approximate surface area is 193 Å². The number of hydrogen-bond donors (Lipinski definition) is 2. The van der Waals surface area contributed by atoms with Gasteiger partial charge in [0, 0.05) is 23.7 Å². The second-order valence-corrected chi connectivity index (χ2v) is 8.90. The van der Waals surface area contributed by atoms with E-state index in [1.165, 1.54) is 11.1 Å². The van der Waals surface area contributed by atoms with E-state index in [4.69, 9.17) is 5.11 Å². The van der Waals surface area contributed by atoms with Crippen LogP contribution >= 0.6 is 0 Å². The molecule has 1 aliphatic rings. The van der Waals surface area contributed by atoms with Crippen molar-refractivity contribution in [3.8, 4) is 11.1 Å². The molecule has 1 aromatic heterocycles. The summed E-state index contributed by atoms with van der Waals surface area (Å²) in [6, 6.07) is 25.0. The number of hydrogen-bond acceptors (Lipinski definition) is 4. The van der Waals surface area contributed by atoms with Gasteiger partial charge in [-0.05, 0) is 78.5 Å². The molecule has 5 nitrogen and oxygen atoms in total. The number of carboxylic acids is 1. The Morgan fingerprint density at radius 2 is 1.64 bits per heavy atom. The molecule has 0 bridgehead atoms. The van der Waals surface area contributed by atoms with Crippen LogP contribution in [0, 0.1) is 5.92 Å². The topological polar surface area (TPSA) is 75.1 Å². The Morgan fingerprint density at radius 1 is 0.909 bits per heavy atom. The summed E-state index contributed by atoms with van der Waals surface area (Å²) in [4.78, 5) is 20.1. The highest BCUT2D eigenvalue weighted by Gasteiger charge is 2.23. The molecule has 1 saturated carbocycles. The van der Waals surface area contributed by atoms with Crippen molar-refractivity contribution in [2.45, 2.75) is 38.0 Å². The second-order valence-electron chi connectivity index (χ2n) is 8.90. The van der Waals surface area contributed by atoms with Gasteiger partial charge in [0.1, 0.15) is 0 Å². The van der Waals surface area contributed by atoms with Crippen molar-refractivity contribution in [2.75, 3.05) is 5.32 Å². The molecule has 5 heteroatoms. The maximum Gasteiger partial charge on any atom is 0.303 e. The number of anilines is 2. The molecule has 1 heterocycles. The maximum absolute atomic E-state index is 11.0. The highest BCUT2D eigenvalue weighted by atomic mass is 16.4. The third-order valence-electron chi connectivity index (χ3n) is 6.64. The van der Waals surface area contributed by atoms with Crippen LogP contribution < -0.4 is 5.32 Å². The van der Waals surface area contributed by atoms with Gasteiger partial charge in [-0.2, -0.15) is 0 Å². The Morgan fingerprint density at radius 3 is 2.36 bits per heavy atom. The largest absolute Gasteiger partial charge is 0.481 e. The molecule has 0 spiro atoms. The summed E-state index contributed by atoms with van der Waals surface area (Å²) < 4.78 is 0. The van der Waals surface area contributed by atoms with E-state index in [1.54, 1.807) is 0 Å². The first kappa shape index (κ1) is 21.1. The van der Waals surface area contributed by atoms with Crippen molar-refractivity contribution in [1.29, 1.82) is 0 Å². The molecule has 5 rings (SSSR count). The van der Waals surface area contributed by atoms with Crippen molar-refractivity contribution in [2.24, 2.45) is 5.92 Å². The zero-order valence-electron chi connectivity index (χ0n) is 18.4. The quantitative estimate of drug-likeness (QED) is 0.347. The summed E-state index contributed by atoms with van der Waals surface area (Å²) in [5, 5.41) is 13.3. The molecule has 1 fully saturated rings. The summed E-state index contributed by atoms with van der Waals surface area (Å²) in [6.45, 7) is 0. The Bertz CT molecular complexity index is 1250. The SMILES string of the molecule is O=C(O)CC1CCC(c2ccc(-c3ccc4nc(Nc5ccccc5)ncc4c3)cc2)CC1. The number of carboxylic acid groups (broad SMARTS) is 1. The molecule has 0 aliphatic heterocycles. The van der Waals surface area contributed by atoms with Gasteiger partial charge in [0.25, 0.3) is 0 Å². The molecule has 0 saturated heterocycles. The van der Waals surface area contributed by atoms with Crippen LogP contribution in [0.3, 0.4) is 0 Å². The van der Waals surface area contributed by atoms with Crippen molar-refractivity contribution in [3.63, 3.8) is 0 Å². The number of aliphatic carboxylic acids is 1. The minimum atomic E-state index is -0.674. The minimum absolute atomic E-state index is 0.307. The number of para-hydroxylation sites is 1. The molecule has 3 aromatic carbocycles. The van der Waals surface area contributed by atoms with E-state index in [-0.39, 0.29) is 0 Å². The predicted molar refractivity (Wildman–Crippen MR) is 132 cm³/mol. The molecule has 0 radical (unpaired) electrons. The standard InChI is InChI=1S/C28H27N3O2/c32-27(33)16-19-6-8-20(9-7-19)21-10-12-22(13-11-21)23-14-15-26-24(17-23)18-29-28(31-26)30-25-4-2-1-3-5-25/h1-5,10-15,17-20H,6-9,16H2,(H,32,33)(H,29,30,31). The van der Waals surface area contributed by atoms with Crippen molar-refractivity contribution >= 4 is 28.5 Å². The Kier molecular flexibility index (Phi) is 6.03. The van der Waals surface area contributed by atoms with Gasteiger partial charge in [-0.3, -0.25) is 4.79 Å². The first-order valence-electron chi connectivity index (χ1n) is 11.5. The molecule has 2 N–H and O–H groups in total. The van der Waals surface area contributed by atoms with Crippen LogP contribution in [-0.4, -0.2) is 21.0 Å². The zero-order valence-corrected chi connectivity index (χ0v) is 18.4. The first-order valence-corrected chi connectivity index (χ1v) is 11.5. The van der Waals surface area contributed by atoms with Crippen molar-refractivity contribution in [1.82, 2.24) is 9.97 Å². The summed E-state index contributed by atoms with van der Waals surface area (Å²) in [6.07, 6.45) is 6.32. The van der Waals surface area contributed by atoms with Crippen LogP contribution in [0.1, 0.15) is 43.6 Å². The third-order valence-corrected chi connectivity index (χ3v) is 6.64. The van der Waals surface area contributed by atoms with E-state index in [0.717, 1.165) is 47.8 Å². The Hall–Kier alpha value is -3.73. The summed E-state index contributed by atoms with van der Waals surface area (Å²) in [5.41, 5.74) is 5.54. The lowest BCUT2D eigenvalue weighted by Crippen LogP contribution is -2.16. The van der Waals surface area contributed by atoms with Crippen molar-refractivity contribution in [3.05, 3.63) is 84.6 Å². The minimum Gasteiger partial charge on any atom is -0.481 e. The fraction of sp³-hybridized carbons (Fsp3) is 0.250. The van der Waals surface area contributed by atoms with E-state index in [9.17, 15) is 4.79 Å². The van der Waals surface area contributed by atoms with Gasteiger partial charge in [0.15, 0.2) is 0 Å². The van der Waals surface area contributed by atoms with E-state index in [1.807, 2.05) is 42.6 Å². The van der Waals surface area contributed by atoms with Gasteiger partial charge in [-0.15, -0.1) is 0 Å². The van der Waals surface area contributed by atoms with E-state index in [0.29, 0.717) is 24.2 Å². The van der Waals surface area contributed by atoms with E-state index < -0.39 is 5.97 Å². The van der Waals surface area contributed by atoms with E-state index >= 15 is 0 Å². The average molecular weight is 438 g/mol. The van der Waals surface area contributed by atoms with Crippen LogP contribution in [0.25, 0.3) is 22.0 Å². The van der Waals surface area contributed by atoms with Gasteiger partial charge in [-0.25, -0.2) is 9.97 Å². The van der Waals surface area contributed by atoms with E-state index in [2.05, 4.69) is 51.7 Å². The van der Waals surface area contributed by atoms with Crippen LogP contribution in [0.5, 0.6) is 0 Å². The second kappa shape index (κ2) is 9.41. The lowest BCUT2D eigenvalue weighted by atomic mass is 9.77. The summed E-state index contributed by atoms with van der Waals surface area (Å²) in [5.74, 6) is 0.780. The molecule has 4 aromatic rings. The maximum atomic E-state index is 11.0. The van der Waals surface area contributed by atoms with Gasteiger partial charge >= 0.3 is 5.97 Å². The molecule has 1 aliphatic carbocycles. The van der Waals surface area contributed by atoms with Gasteiger partial charge < -0.3 is 10.4 Å². The molecule has 166 valence electrons. The van der Waals surface area contributed by atoms with Gasteiger partial charge in [-0.1, -0.05) is 48.5 Å². The molecular weight excluding hydrogens is 410 g/mol. The van der Waals surface area contributed by atoms with Crippen LogP contribution in [0.15, 0.2) is 79.0 Å². The van der Waals surface area contributed by atoms with Crippen molar-refractivity contribution < 1.29 is 9.90 Å². The third kappa shape index (κ3) is 5.03. The highest BCUT2D eigenvalue weighted by Crippen LogP contribution is 2.37.